The van der Waals surface area contributed by atoms with Gasteiger partial charge >= 0.3 is 0 Å². The van der Waals surface area contributed by atoms with E-state index in [1.54, 1.807) is 30.5 Å². The minimum atomic E-state index is -0.230. The summed E-state index contributed by atoms with van der Waals surface area (Å²) in [5, 5.41) is 2.73. The first kappa shape index (κ1) is 12.2. The number of pyridine rings is 1. The van der Waals surface area contributed by atoms with Crippen LogP contribution in [0.15, 0.2) is 36.5 Å². The second-order valence-corrected chi connectivity index (χ2v) is 5.13. The van der Waals surface area contributed by atoms with Gasteiger partial charge < -0.3 is 14.8 Å². The average molecular weight is 368 g/mol. The van der Waals surface area contributed by atoms with Gasteiger partial charge in [0.25, 0.3) is 5.91 Å². The summed E-state index contributed by atoms with van der Waals surface area (Å²) in [7, 11) is 0. The van der Waals surface area contributed by atoms with E-state index in [-0.39, 0.29) is 12.7 Å². The van der Waals surface area contributed by atoms with E-state index in [9.17, 15) is 4.79 Å². The van der Waals surface area contributed by atoms with Gasteiger partial charge in [-0.05, 0) is 52.9 Å². The third kappa shape index (κ3) is 2.62. The van der Waals surface area contributed by atoms with Crippen molar-refractivity contribution in [2.24, 2.45) is 0 Å². The topological polar surface area (TPSA) is 60.5 Å². The Balaban J connectivity index is 1.78. The van der Waals surface area contributed by atoms with Crippen molar-refractivity contribution in [2.75, 3.05) is 12.1 Å². The summed E-state index contributed by atoms with van der Waals surface area (Å²) in [6.07, 6.45) is 1.69. The largest absolute Gasteiger partial charge is 0.454 e. The molecule has 1 amide bonds. The Kier molecular flexibility index (Phi) is 3.24. The number of rotatable bonds is 2. The number of hydrogen-bond acceptors (Lipinski definition) is 4. The third-order valence-electron chi connectivity index (χ3n) is 2.60. The second kappa shape index (κ2) is 5.04. The minimum Gasteiger partial charge on any atom is -0.454 e. The number of benzene rings is 1. The number of nitrogens with zero attached hydrogens (tertiary/aromatic N) is 1. The number of carbonyl (C=O) groups excluding carboxylic acids is 1. The molecule has 0 atom stereocenters. The number of anilines is 1. The van der Waals surface area contributed by atoms with Crippen LogP contribution >= 0.6 is 22.6 Å². The molecule has 1 aromatic carbocycles. The summed E-state index contributed by atoms with van der Waals surface area (Å²) in [6.45, 7) is 0.194. The quantitative estimate of drug-likeness (QED) is 0.829. The van der Waals surface area contributed by atoms with E-state index in [4.69, 9.17) is 9.47 Å². The first-order chi connectivity index (χ1) is 9.22. The van der Waals surface area contributed by atoms with Gasteiger partial charge in [-0.1, -0.05) is 0 Å². The molecule has 1 aromatic heterocycles. The van der Waals surface area contributed by atoms with Crippen LogP contribution in [0, 0.1) is 3.57 Å². The highest BCUT2D eigenvalue weighted by atomic mass is 127. The molecule has 0 spiro atoms. The van der Waals surface area contributed by atoms with Crippen molar-refractivity contribution in [2.45, 2.75) is 0 Å². The summed E-state index contributed by atoms with van der Waals surface area (Å²) in [5.41, 5.74) is 0.504. The number of hydrogen-bond donors (Lipinski definition) is 1. The summed E-state index contributed by atoms with van der Waals surface area (Å²) in [5.74, 6) is 1.53. The lowest BCUT2D eigenvalue weighted by Gasteiger charge is -2.05. The summed E-state index contributed by atoms with van der Waals surface area (Å²) in [6, 6.07) is 8.70. The highest BCUT2D eigenvalue weighted by Gasteiger charge is 2.16. The minimum absolute atomic E-state index is 0.194. The summed E-state index contributed by atoms with van der Waals surface area (Å²) in [4.78, 5) is 16.2. The van der Waals surface area contributed by atoms with E-state index >= 15 is 0 Å². The molecule has 0 fully saturated rings. The van der Waals surface area contributed by atoms with Crippen molar-refractivity contribution in [3.63, 3.8) is 0 Å². The van der Waals surface area contributed by atoms with Gasteiger partial charge in [-0.3, -0.25) is 4.79 Å². The Morgan fingerprint density at radius 3 is 2.84 bits per heavy atom. The number of halogens is 1. The van der Waals surface area contributed by atoms with Gasteiger partial charge in [0.2, 0.25) is 6.79 Å². The Hall–Kier alpha value is -1.83. The molecule has 6 heteroatoms. The zero-order valence-electron chi connectivity index (χ0n) is 9.72. The Labute approximate surface area is 123 Å². The molecule has 5 nitrogen and oxygen atoms in total. The fourth-order valence-electron chi connectivity index (χ4n) is 1.68. The van der Waals surface area contributed by atoms with Gasteiger partial charge in [0.05, 0.1) is 0 Å². The molecular formula is C13H9IN2O3. The number of carbonyl (C=O) groups is 1. The number of fused-ring (bicyclic) bond motifs is 1. The maximum atomic E-state index is 12.0. The molecule has 1 N–H and O–H groups in total. The molecule has 2 aromatic rings. The van der Waals surface area contributed by atoms with Crippen LogP contribution in [0.4, 0.5) is 5.82 Å². The first-order valence-corrected chi connectivity index (χ1v) is 6.63. The van der Waals surface area contributed by atoms with Crippen LogP contribution in [-0.2, 0) is 0 Å². The second-order valence-electron chi connectivity index (χ2n) is 3.88. The van der Waals surface area contributed by atoms with Crippen LogP contribution in [-0.4, -0.2) is 17.7 Å². The predicted molar refractivity (Wildman–Crippen MR) is 77.5 cm³/mol. The smallest absolute Gasteiger partial charge is 0.256 e. The van der Waals surface area contributed by atoms with Crippen LogP contribution in [0.2, 0.25) is 0 Å². The molecule has 2 heterocycles. The highest BCUT2D eigenvalue weighted by molar-refractivity contribution is 14.1. The molecule has 19 heavy (non-hydrogen) atoms. The molecule has 1 aliphatic rings. The molecular weight excluding hydrogens is 359 g/mol. The van der Waals surface area contributed by atoms with Gasteiger partial charge in [-0.15, -0.1) is 0 Å². The van der Waals surface area contributed by atoms with Crippen molar-refractivity contribution in [1.82, 2.24) is 4.98 Å². The molecule has 1 aliphatic heterocycles. The van der Waals surface area contributed by atoms with Crippen molar-refractivity contribution in [1.29, 1.82) is 0 Å². The van der Waals surface area contributed by atoms with E-state index in [0.717, 1.165) is 3.57 Å². The standard InChI is InChI=1S/C13H9IN2O3/c14-9-2-4-12(15-6-9)16-13(17)8-1-3-10-11(5-8)19-7-18-10/h1-6H,7H2,(H,15,16,17). The fourth-order valence-corrected chi connectivity index (χ4v) is 2.00. The molecule has 0 bridgehead atoms. The fraction of sp³-hybridized carbons (Fsp3) is 0.0769. The number of nitrogens with one attached hydrogen (secondary N) is 1. The maximum absolute atomic E-state index is 12.0. The van der Waals surface area contributed by atoms with E-state index in [1.165, 1.54) is 0 Å². The van der Waals surface area contributed by atoms with Crippen molar-refractivity contribution in [3.05, 3.63) is 45.7 Å². The number of aromatic nitrogens is 1. The number of ether oxygens (including phenoxy) is 2. The van der Waals surface area contributed by atoms with Gasteiger partial charge in [0.1, 0.15) is 5.82 Å². The van der Waals surface area contributed by atoms with Crippen LogP contribution in [0.5, 0.6) is 11.5 Å². The monoisotopic (exact) mass is 368 g/mol. The molecule has 0 radical (unpaired) electrons. The lowest BCUT2D eigenvalue weighted by molar-refractivity contribution is 0.102. The van der Waals surface area contributed by atoms with Gasteiger partial charge in [0, 0.05) is 15.3 Å². The van der Waals surface area contributed by atoms with Crippen LogP contribution in [0.1, 0.15) is 10.4 Å². The normalized spacial score (nSPS) is 12.3. The lowest BCUT2D eigenvalue weighted by atomic mass is 10.2. The highest BCUT2D eigenvalue weighted by Crippen LogP contribution is 2.32. The Bertz CT molecular complexity index is 628. The Morgan fingerprint density at radius 1 is 1.21 bits per heavy atom. The van der Waals surface area contributed by atoms with Crippen molar-refractivity contribution in [3.8, 4) is 11.5 Å². The average Bonchev–Trinajstić information content (AvgIpc) is 2.88. The van der Waals surface area contributed by atoms with Gasteiger partial charge in [0.15, 0.2) is 11.5 Å². The van der Waals surface area contributed by atoms with Crippen LogP contribution < -0.4 is 14.8 Å². The maximum Gasteiger partial charge on any atom is 0.256 e. The SMILES string of the molecule is O=C(Nc1ccc(I)cn1)c1ccc2c(c1)OCO2. The predicted octanol–water partition coefficient (Wildman–Crippen LogP) is 2.67. The zero-order valence-corrected chi connectivity index (χ0v) is 11.9. The third-order valence-corrected chi connectivity index (χ3v) is 3.24. The van der Waals surface area contributed by atoms with Crippen LogP contribution in [0.3, 0.4) is 0 Å². The molecule has 0 unspecified atom stereocenters. The van der Waals surface area contributed by atoms with Gasteiger partial charge in [-0.2, -0.15) is 0 Å². The lowest BCUT2D eigenvalue weighted by Crippen LogP contribution is -2.12. The van der Waals surface area contributed by atoms with E-state index in [0.29, 0.717) is 22.9 Å². The molecule has 0 aliphatic carbocycles. The summed E-state index contributed by atoms with van der Waals surface area (Å²) < 4.78 is 11.4. The molecule has 0 saturated carbocycles. The van der Waals surface area contributed by atoms with E-state index in [1.807, 2.05) is 6.07 Å². The molecule has 0 saturated heterocycles. The van der Waals surface area contributed by atoms with Crippen molar-refractivity contribution >= 4 is 34.3 Å². The molecule has 3 rings (SSSR count). The van der Waals surface area contributed by atoms with E-state index in [2.05, 4.69) is 32.9 Å². The summed E-state index contributed by atoms with van der Waals surface area (Å²) >= 11 is 2.16. The van der Waals surface area contributed by atoms with Crippen LogP contribution in [0.25, 0.3) is 0 Å². The van der Waals surface area contributed by atoms with Gasteiger partial charge in [-0.25, -0.2) is 4.98 Å². The number of amides is 1. The zero-order chi connectivity index (χ0) is 13.2. The first-order valence-electron chi connectivity index (χ1n) is 5.55. The van der Waals surface area contributed by atoms with E-state index < -0.39 is 0 Å². The Morgan fingerprint density at radius 2 is 2.05 bits per heavy atom. The van der Waals surface area contributed by atoms with Crippen molar-refractivity contribution < 1.29 is 14.3 Å². The molecule has 96 valence electrons.